The fourth-order valence-corrected chi connectivity index (χ4v) is 3.73. The number of carboxylic acids is 1. The molecule has 2 fully saturated rings. The van der Waals surface area contributed by atoms with E-state index in [4.69, 9.17) is 5.11 Å². The van der Waals surface area contributed by atoms with Crippen molar-refractivity contribution in [3.05, 3.63) is 0 Å². The zero-order valence-corrected chi connectivity index (χ0v) is 14.1. The number of nitrogens with zero attached hydrogens (tertiary/aromatic N) is 1. The SMILES string of the molecule is CC(CC(=O)N1CCC(C(=O)O)C(C)C1)NC(=O)C1CCCC1. The maximum Gasteiger partial charge on any atom is 0.306 e. The quantitative estimate of drug-likeness (QED) is 0.805. The first-order chi connectivity index (χ1) is 10.9. The van der Waals surface area contributed by atoms with E-state index in [1.807, 2.05) is 13.8 Å². The number of nitrogens with one attached hydrogen (secondary N) is 1. The van der Waals surface area contributed by atoms with Gasteiger partial charge in [-0.05, 0) is 32.1 Å². The van der Waals surface area contributed by atoms with Crippen LogP contribution >= 0.6 is 0 Å². The van der Waals surface area contributed by atoms with Crippen LogP contribution in [0.5, 0.6) is 0 Å². The second kappa shape index (κ2) is 7.79. The minimum Gasteiger partial charge on any atom is -0.481 e. The van der Waals surface area contributed by atoms with E-state index in [2.05, 4.69) is 5.32 Å². The van der Waals surface area contributed by atoms with Gasteiger partial charge in [-0.3, -0.25) is 14.4 Å². The van der Waals surface area contributed by atoms with E-state index in [9.17, 15) is 14.4 Å². The number of carboxylic acid groups (broad SMARTS) is 1. The highest BCUT2D eigenvalue weighted by atomic mass is 16.4. The molecule has 6 heteroatoms. The Kier molecular flexibility index (Phi) is 6.02. The predicted molar refractivity (Wildman–Crippen MR) is 85.7 cm³/mol. The molecule has 3 unspecified atom stereocenters. The van der Waals surface area contributed by atoms with Gasteiger partial charge in [-0.25, -0.2) is 0 Å². The minimum atomic E-state index is -0.776. The maximum absolute atomic E-state index is 12.4. The molecule has 0 spiro atoms. The van der Waals surface area contributed by atoms with E-state index in [-0.39, 0.29) is 42.0 Å². The molecule has 0 radical (unpaired) electrons. The summed E-state index contributed by atoms with van der Waals surface area (Å²) in [6.45, 7) is 4.71. The van der Waals surface area contributed by atoms with Crippen molar-refractivity contribution in [1.29, 1.82) is 0 Å². The van der Waals surface area contributed by atoms with Crippen LogP contribution < -0.4 is 5.32 Å². The Balaban J connectivity index is 1.77. The highest BCUT2D eigenvalue weighted by Crippen LogP contribution is 2.25. The van der Waals surface area contributed by atoms with Crippen LogP contribution in [0.25, 0.3) is 0 Å². The fraction of sp³-hybridized carbons (Fsp3) is 0.824. The second-order valence-corrected chi connectivity index (χ2v) is 7.15. The van der Waals surface area contributed by atoms with Gasteiger partial charge in [-0.2, -0.15) is 0 Å². The van der Waals surface area contributed by atoms with Gasteiger partial charge in [0, 0.05) is 31.5 Å². The van der Waals surface area contributed by atoms with E-state index in [1.54, 1.807) is 4.90 Å². The average molecular weight is 324 g/mol. The molecule has 0 aromatic rings. The van der Waals surface area contributed by atoms with Gasteiger partial charge in [-0.15, -0.1) is 0 Å². The summed E-state index contributed by atoms with van der Waals surface area (Å²) in [6.07, 6.45) is 4.91. The van der Waals surface area contributed by atoms with E-state index >= 15 is 0 Å². The molecule has 6 nitrogen and oxygen atoms in total. The molecule has 2 amide bonds. The monoisotopic (exact) mass is 324 g/mol. The molecular formula is C17H28N2O4. The lowest BCUT2D eigenvalue weighted by Gasteiger charge is -2.35. The van der Waals surface area contributed by atoms with Crippen LogP contribution in [0, 0.1) is 17.8 Å². The Morgan fingerprint density at radius 1 is 1.22 bits per heavy atom. The lowest BCUT2D eigenvalue weighted by atomic mass is 9.87. The van der Waals surface area contributed by atoms with E-state index < -0.39 is 5.97 Å². The molecule has 1 aliphatic carbocycles. The van der Waals surface area contributed by atoms with E-state index in [0.29, 0.717) is 19.5 Å². The van der Waals surface area contributed by atoms with Gasteiger partial charge in [0.25, 0.3) is 0 Å². The number of piperidine rings is 1. The largest absolute Gasteiger partial charge is 0.481 e. The number of carbonyl (C=O) groups excluding carboxylic acids is 2. The highest BCUT2D eigenvalue weighted by Gasteiger charge is 2.33. The Morgan fingerprint density at radius 2 is 1.87 bits per heavy atom. The van der Waals surface area contributed by atoms with Gasteiger partial charge in [-0.1, -0.05) is 19.8 Å². The summed E-state index contributed by atoms with van der Waals surface area (Å²) in [5, 5.41) is 12.1. The van der Waals surface area contributed by atoms with Crippen LogP contribution in [0.3, 0.4) is 0 Å². The number of hydrogen-bond donors (Lipinski definition) is 2. The van der Waals surface area contributed by atoms with Crippen LogP contribution in [0.1, 0.15) is 52.4 Å². The highest BCUT2D eigenvalue weighted by molar-refractivity contribution is 5.81. The molecule has 1 heterocycles. The lowest BCUT2D eigenvalue weighted by molar-refractivity contribution is -0.148. The first-order valence-electron chi connectivity index (χ1n) is 8.69. The van der Waals surface area contributed by atoms with Crippen molar-refractivity contribution in [2.24, 2.45) is 17.8 Å². The minimum absolute atomic E-state index is 0.0000827. The number of rotatable bonds is 5. The first-order valence-corrected chi connectivity index (χ1v) is 8.69. The van der Waals surface area contributed by atoms with Crippen molar-refractivity contribution in [3.8, 4) is 0 Å². The molecule has 2 rings (SSSR count). The Morgan fingerprint density at radius 3 is 2.43 bits per heavy atom. The van der Waals surface area contributed by atoms with Crippen molar-refractivity contribution in [2.75, 3.05) is 13.1 Å². The molecule has 130 valence electrons. The van der Waals surface area contributed by atoms with Crippen molar-refractivity contribution in [1.82, 2.24) is 10.2 Å². The second-order valence-electron chi connectivity index (χ2n) is 7.15. The Hall–Kier alpha value is -1.59. The number of amides is 2. The molecule has 2 aliphatic rings. The summed E-state index contributed by atoms with van der Waals surface area (Å²) in [5.74, 6) is -0.992. The Bertz CT molecular complexity index is 460. The third-order valence-electron chi connectivity index (χ3n) is 5.17. The molecular weight excluding hydrogens is 296 g/mol. The van der Waals surface area contributed by atoms with Gasteiger partial charge in [0.05, 0.1) is 5.92 Å². The molecule has 3 atom stereocenters. The molecule has 0 aromatic heterocycles. The first kappa shape index (κ1) is 17.8. The molecule has 0 bridgehead atoms. The molecule has 1 aliphatic heterocycles. The predicted octanol–water partition coefficient (Wildman–Crippen LogP) is 1.64. The van der Waals surface area contributed by atoms with E-state index in [0.717, 1.165) is 25.7 Å². The Labute approximate surface area is 137 Å². The average Bonchev–Trinajstić information content (AvgIpc) is 3.00. The third-order valence-corrected chi connectivity index (χ3v) is 5.17. The lowest BCUT2D eigenvalue weighted by Crippen LogP contribution is -2.47. The van der Waals surface area contributed by atoms with E-state index in [1.165, 1.54) is 0 Å². The summed E-state index contributed by atoms with van der Waals surface area (Å²) < 4.78 is 0. The zero-order chi connectivity index (χ0) is 17.0. The van der Waals surface area contributed by atoms with Crippen LogP contribution in [0.15, 0.2) is 0 Å². The van der Waals surface area contributed by atoms with Gasteiger partial charge in [0.15, 0.2) is 0 Å². The summed E-state index contributed by atoms with van der Waals surface area (Å²) in [5.41, 5.74) is 0. The van der Waals surface area contributed by atoms with Gasteiger partial charge >= 0.3 is 5.97 Å². The molecule has 23 heavy (non-hydrogen) atoms. The smallest absolute Gasteiger partial charge is 0.306 e. The van der Waals surface area contributed by atoms with Crippen molar-refractivity contribution < 1.29 is 19.5 Å². The van der Waals surface area contributed by atoms with Crippen molar-refractivity contribution in [2.45, 2.75) is 58.4 Å². The van der Waals surface area contributed by atoms with Gasteiger partial charge in [0.1, 0.15) is 0 Å². The number of carbonyl (C=O) groups is 3. The van der Waals surface area contributed by atoms with Crippen molar-refractivity contribution >= 4 is 17.8 Å². The zero-order valence-electron chi connectivity index (χ0n) is 14.1. The molecule has 2 N–H and O–H groups in total. The van der Waals surface area contributed by atoms with Gasteiger partial charge < -0.3 is 15.3 Å². The van der Waals surface area contributed by atoms with Crippen LogP contribution in [-0.2, 0) is 14.4 Å². The van der Waals surface area contributed by atoms with Crippen LogP contribution in [0.4, 0.5) is 0 Å². The normalized spacial score (nSPS) is 26.8. The maximum atomic E-state index is 12.4. The third kappa shape index (κ3) is 4.69. The number of likely N-dealkylation sites (tertiary alicyclic amines) is 1. The van der Waals surface area contributed by atoms with Crippen LogP contribution in [0.2, 0.25) is 0 Å². The van der Waals surface area contributed by atoms with Gasteiger partial charge in [0.2, 0.25) is 11.8 Å². The van der Waals surface area contributed by atoms with Crippen LogP contribution in [-0.4, -0.2) is 46.9 Å². The summed E-state index contributed by atoms with van der Waals surface area (Å²) in [4.78, 5) is 37.3. The summed E-state index contributed by atoms with van der Waals surface area (Å²) in [7, 11) is 0. The fourth-order valence-electron chi connectivity index (χ4n) is 3.73. The topological polar surface area (TPSA) is 86.7 Å². The number of hydrogen-bond acceptors (Lipinski definition) is 3. The molecule has 0 aromatic carbocycles. The summed E-state index contributed by atoms with van der Waals surface area (Å²) in [6, 6.07) is -0.178. The standard InChI is InChI=1S/C17H28N2O4/c1-11-10-19(8-7-14(11)17(22)23)15(20)9-12(2)18-16(21)13-5-3-4-6-13/h11-14H,3-10H2,1-2H3,(H,18,21)(H,22,23). The summed E-state index contributed by atoms with van der Waals surface area (Å²) >= 11 is 0. The van der Waals surface area contributed by atoms with Crippen molar-refractivity contribution in [3.63, 3.8) is 0 Å². The molecule has 1 saturated heterocycles. The number of aliphatic carboxylic acids is 1. The molecule has 1 saturated carbocycles.